The Bertz CT molecular complexity index is 659. The van der Waals surface area contributed by atoms with E-state index in [2.05, 4.69) is 10.6 Å². The van der Waals surface area contributed by atoms with E-state index in [0.717, 1.165) is 6.26 Å². The van der Waals surface area contributed by atoms with Gasteiger partial charge in [0.1, 0.15) is 0 Å². The molecular weight excluding hydrogens is 375 g/mol. The molecule has 1 aromatic rings. The summed E-state index contributed by atoms with van der Waals surface area (Å²) in [6.07, 6.45) is 0.631. The highest BCUT2D eigenvalue weighted by Gasteiger charge is 2.48. The maximum absolute atomic E-state index is 12.5. The Hall–Kier alpha value is -0.860. The molecule has 1 unspecified atom stereocenters. The second-order valence-electron chi connectivity index (χ2n) is 5.79. The van der Waals surface area contributed by atoms with E-state index in [1.54, 1.807) is 24.3 Å². The second kappa shape index (κ2) is 8.49. The predicted octanol–water partition coefficient (Wildman–Crippen LogP) is 1.08. The first-order valence-electron chi connectivity index (χ1n) is 7.38. The van der Waals surface area contributed by atoms with Gasteiger partial charge in [-0.15, -0.1) is 12.4 Å². The van der Waals surface area contributed by atoms with Gasteiger partial charge in [0.25, 0.3) is 0 Å². The molecule has 3 N–H and O–H groups in total. The van der Waals surface area contributed by atoms with E-state index in [9.17, 15) is 18.3 Å². The van der Waals surface area contributed by atoms with Gasteiger partial charge in [0, 0.05) is 17.8 Å². The fourth-order valence-electron chi connectivity index (χ4n) is 2.75. The Kier molecular flexibility index (Phi) is 7.49. The number of carbonyl (C=O) groups is 1. The van der Waals surface area contributed by atoms with Crippen LogP contribution in [0.15, 0.2) is 24.3 Å². The summed E-state index contributed by atoms with van der Waals surface area (Å²) in [5, 5.41) is 16.3. The molecule has 1 aliphatic heterocycles. The van der Waals surface area contributed by atoms with Crippen molar-refractivity contribution in [3.05, 3.63) is 34.9 Å². The number of aliphatic hydroxyl groups is 1. The van der Waals surface area contributed by atoms with Gasteiger partial charge in [-0.1, -0.05) is 23.7 Å². The average molecular weight is 397 g/mol. The van der Waals surface area contributed by atoms with Crippen molar-refractivity contribution in [1.29, 1.82) is 0 Å². The van der Waals surface area contributed by atoms with E-state index >= 15 is 0 Å². The Morgan fingerprint density at radius 1 is 1.33 bits per heavy atom. The fourth-order valence-corrected chi connectivity index (χ4v) is 4.23. The van der Waals surface area contributed by atoms with Crippen LogP contribution in [0.4, 0.5) is 0 Å². The van der Waals surface area contributed by atoms with E-state index in [-0.39, 0.29) is 31.8 Å². The van der Waals surface area contributed by atoms with Crippen LogP contribution >= 0.6 is 24.0 Å². The molecule has 1 atom stereocenters. The molecule has 6 nitrogen and oxygen atoms in total. The minimum Gasteiger partial charge on any atom is -0.387 e. The summed E-state index contributed by atoms with van der Waals surface area (Å²) in [5.74, 6) is -0.547. The zero-order valence-electron chi connectivity index (χ0n) is 13.3. The van der Waals surface area contributed by atoms with Crippen LogP contribution in [0, 0.1) is 0 Å². The zero-order chi connectivity index (χ0) is 17.1. The normalized spacial score (nSPS) is 18.3. The third-order valence-electron chi connectivity index (χ3n) is 4.25. The Morgan fingerprint density at radius 3 is 2.38 bits per heavy atom. The fraction of sp³-hybridized carbons (Fsp3) is 0.533. The topological polar surface area (TPSA) is 95.5 Å². The lowest BCUT2D eigenvalue weighted by molar-refractivity contribution is -0.124. The number of hydrogen-bond acceptors (Lipinski definition) is 5. The molecule has 0 bridgehead atoms. The van der Waals surface area contributed by atoms with E-state index in [0.29, 0.717) is 23.7 Å². The SMILES string of the molecule is CS(=O)(=O)C1(C(=O)NCC(O)c2ccc(Cl)cc2)CCNCC1.Cl. The third-order valence-corrected chi connectivity index (χ3v) is 6.51. The summed E-state index contributed by atoms with van der Waals surface area (Å²) >= 11 is 5.79. The number of halogens is 2. The lowest BCUT2D eigenvalue weighted by Gasteiger charge is -2.34. The molecule has 0 aliphatic carbocycles. The number of benzene rings is 1. The summed E-state index contributed by atoms with van der Waals surface area (Å²) in [6, 6.07) is 6.62. The average Bonchev–Trinajstić information content (AvgIpc) is 2.52. The van der Waals surface area contributed by atoms with Crippen LogP contribution < -0.4 is 10.6 Å². The summed E-state index contributed by atoms with van der Waals surface area (Å²) in [7, 11) is -3.56. The highest BCUT2D eigenvalue weighted by atomic mass is 35.5. The molecular formula is C15H22Cl2N2O4S. The number of amides is 1. The number of sulfone groups is 1. The standard InChI is InChI=1S/C15H21ClN2O4S.ClH/c1-23(21,22)15(6-8-17-9-7-15)14(20)18-10-13(19)11-2-4-12(16)5-3-11;/h2-5,13,17,19H,6-10H2,1H3,(H,18,20);1H. The summed E-state index contributed by atoms with van der Waals surface area (Å²) in [6.45, 7) is 0.894. The van der Waals surface area contributed by atoms with Gasteiger partial charge in [0.15, 0.2) is 14.6 Å². The summed E-state index contributed by atoms with van der Waals surface area (Å²) in [4.78, 5) is 12.5. The van der Waals surface area contributed by atoms with Crippen molar-refractivity contribution in [3.63, 3.8) is 0 Å². The van der Waals surface area contributed by atoms with Gasteiger partial charge >= 0.3 is 0 Å². The van der Waals surface area contributed by atoms with Gasteiger partial charge in [-0.25, -0.2) is 8.42 Å². The maximum Gasteiger partial charge on any atom is 0.241 e. The highest BCUT2D eigenvalue weighted by Crippen LogP contribution is 2.28. The molecule has 1 aromatic carbocycles. The molecule has 0 aromatic heterocycles. The molecule has 0 spiro atoms. The van der Waals surface area contributed by atoms with Crippen molar-refractivity contribution in [3.8, 4) is 0 Å². The van der Waals surface area contributed by atoms with E-state index in [1.165, 1.54) is 0 Å². The first-order chi connectivity index (χ1) is 10.8. The molecule has 1 aliphatic rings. The van der Waals surface area contributed by atoms with Gasteiger partial charge in [-0.05, 0) is 43.6 Å². The van der Waals surface area contributed by atoms with Gasteiger partial charge in [-0.3, -0.25) is 4.79 Å². The van der Waals surface area contributed by atoms with Crippen LogP contribution in [0.1, 0.15) is 24.5 Å². The van der Waals surface area contributed by atoms with E-state index in [4.69, 9.17) is 11.6 Å². The third kappa shape index (κ3) is 4.61. The van der Waals surface area contributed by atoms with Crippen molar-refractivity contribution in [1.82, 2.24) is 10.6 Å². The number of aliphatic hydroxyl groups excluding tert-OH is 1. The monoisotopic (exact) mass is 396 g/mol. The summed E-state index contributed by atoms with van der Waals surface area (Å²) in [5.41, 5.74) is 0.605. The number of nitrogens with one attached hydrogen (secondary N) is 2. The quantitative estimate of drug-likeness (QED) is 0.691. The minimum atomic E-state index is -3.56. The van der Waals surface area contributed by atoms with Crippen LogP contribution in [-0.2, 0) is 14.6 Å². The molecule has 136 valence electrons. The smallest absolute Gasteiger partial charge is 0.241 e. The molecule has 1 saturated heterocycles. The lowest BCUT2D eigenvalue weighted by atomic mass is 9.95. The Morgan fingerprint density at radius 2 is 1.88 bits per heavy atom. The van der Waals surface area contributed by atoms with Gasteiger partial charge in [0.05, 0.1) is 6.10 Å². The minimum absolute atomic E-state index is 0. The highest BCUT2D eigenvalue weighted by molar-refractivity contribution is 7.92. The molecule has 24 heavy (non-hydrogen) atoms. The maximum atomic E-state index is 12.5. The van der Waals surface area contributed by atoms with Crippen LogP contribution in [0.3, 0.4) is 0 Å². The van der Waals surface area contributed by atoms with Crippen LogP contribution in [0.2, 0.25) is 5.02 Å². The second-order valence-corrected chi connectivity index (χ2v) is 8.56. The van der Waals surface area contributed by atoms with Crippen molar-refractivity contribution in [2.45, 2.75) is 23.7 Å². The first kappa shape index (κ1) is 21.2. The molecule has 2 rings (SSSR count). The number of carbonyl (C=O) groups excluding carboxylic acids is 1. The van der Waals surface area contributed by atoms with E-state index in [1.807, 2.05) is 0 Å². The molecule has 0 radical (unpaired) electrons. The van der Waals surface area contributed by atoms with Gasteiger partial charge in [0.2, 0.25) is 5.91 Å². The molecule has 1 heterocycles. The van der Waals surface area contributed by atoms with Crippen molar-refractivity contribution >= 4 is 39.8 Å². The Balaban J connectivity index is 0.00000288. The van der Waals surface area contributed by atoms with Crippen LogP contribution in [0.5, 0.6) is 0 Å². The number of piperidine rings is 1. The molecule has 0 saturated carbocycles. The van der Waals surface area contributed by atoms with Crippen molar-refractivity contribution in [2.24, 2.45) is 0 Å². The first-order valence-corrected chi connectivity index (χ1v) is 9.65. The van der Waals surface area contributed by atoms with E-state index < -0.39 is 26.6 Å². The van der Waals surface area contributed by atoms with Crippen molar-refractivity contribution in [2.75, 3.05) is 25.9 Å². The molecule has 1 fully saturated rings. The van der Waals surface area contributed by atoms with Crippen LogP contribution in [-0.4, -0.2) is 50.1 Å². The number of rotatable bonds is 5. The van der Waals surface area contributed by atoms with Gasteiger partial charge < -0.3 is 15.7 Å². The largest absolute Gasteiger partial charge is 0.387 e. The van der Waals surface area contributed by atoms with Crippen molar-refractivity contribution < 1.29 is 18.3 Å². The molecule has 1 amide bonds. The van der Waals surface area contributed by atoms with Crippen LogP contribution in [0.25, 0.3) is 0 Å². The summed E-state index contributed by atoms with van der Waals surface area (Å²) < 4.78 is 22.9. The van der Waals surface area contributed by atoms with Gasteiger partial charge in [-0.2, -0.15) is 0 Å². The molecule has 9 heteroatoms. The lowest BCUT2D eigenvalue weighted by Crippen LogP contribution is -2.57. The zero-order valence-corrected chi connectivity index (χ0v) is 15.7. The Labute approximate surface area is 153 Å². The predicted molar refractivity (Wildman–Crippen MR) is 96.3 cm³/mol. The number of hydrogen-bond donors (Lipinski definition) is 3.